The van der Waals surface area contributed by atoms with Gasteiger partial charge in [-0.15, -0.1) is 5.10 Å². The summed E-state index contributed by atoms with van der Waals surface area (Å²) in [6, 6.07) is 0. The van der Waals surface area contributed by atoms with Crippen LogP contribution in [0.15, 0.2) is 0 Å². The van der Waals surface area contributed by atoms with Crippen LogP contribution in [-0.2, 0) is 0 Å². The Morgan fingerprint density at radius 1 is 1.44 bits per heavy atom. The second-order valence-electron chi connectivity index (χ2n) is 2.06. The van der Waals surface area contributed by atoms with Gasteiger partial charge >= 0.3 is 0 Å². The fraction of sp³-hybridized carbons (Fsp3) is 0.600. The van der Waals surface area contributed by atoms with Crippen LogP contribution in [0.5, 0.6) is 0 Å². The van der Waals surface area contributed by atoms with E-state index in [1.165, 1.54) is 11.5 Å². The first kappa shape index (κ1) is 6.48. The Kier molecular flexibility index (Phi) is 1.66. The third kappa shape index (κ3) is 1.18. The zero-order valence-electron chi connectivity index (χ0n) is 5.75. The van der Waals surface area contributed by atoms with Gasteiger partial charge in [0, 0.05) is 25.6 Å². The van der Waals surface area contributed by atoms with E-state index in [1.54, 1.807) is 0 Å². The molecule has 0 aliphatic rings. The smallest absolute Gasteiger partial charge is 0.135 e. The maximum Gasteiger partial charge on any atom is 0.135 e. The lowest BCUT2D eigenvalue weighted by molar-refractivity contribution is 1.06. The molecule has 0 saturated carbocycles. The van der Waals surface area contributed by atoms with Gasteiger partial charge in [0.1, 0.15) is 5.00 Å². The molecule has 1 aromatic rings. The van der Waals surface area contributed by atoms with Crippen LogP contribution in [0.3, 0.4) is 0 Å². The molecule has 0 N–H and O–H groups in total. The van der Waals surface area contributed by atoms with E-state index in [1.807, 2.05) is 25.9 Å². The standard InChI is InChI=1S/C5H9N3S/c1-4-5(8(2)3)9-7-6-4/h1-3H3. The summed E-state index contributed by atoms with van der Waals surface area (Å²) in [7, 11) is 3.98. The number of hydrogen-bond acceptors (Lipinski definition) is 4. The second-order valence-corrected chi connectivity index (χ2v) is 2.79. The van der Waals surface area contributed by atoms with Gasteiger partial charge in [0.15, 0.2) is 0 Å². The molecule has 0 aliphatic carbocycles. The summed E-state index contributed by atoms with van der Waals surface area (Å²) in [5, 5.41) is 5.00. The summed E-state index contributed by atoms with van der Waals surface area (Å²) in [6.45, 7) is 1.96. The molecule has 50 valence electrons. The topological polar surface area (TPSA) is 29.0 Å². The van der Waals surface area contributed by atoms with Crippen LogP contribution in [0.4, 0.5) is 5.00 Å². The van der Waals surface area contributed by atoms with Gasteiger partial charge < -0.3 is 4.90 Å². The number of nitrogens with zero attached hydrogens (tertiary/aromatic N) is 3. The minimum absolute atomic E-state index is 1.00. The maximum atomic E-state index is 3.86. The fourth-order valence-corrected chi connectivity index (χ4v) is 1.21. The normalized spacial score (nSPS) is 9.67. The van der Waals surface area contributed by atoms with Gasteiger partial charge in [-0.05, 0) is 6.92 Å². The number of aromatic nitrogens is 2. The van der Waals surface area contributed by atoms with Crippen LogP contribution in [0.2, 0.25) is 0 Å². The van der Waals surface area contributed by atoms with Crippen LogP contribution in [-0.4, -0.2) is 23.7 Å². The molecule has 0 radical (unpaired) electrons. The Bertz CT molecular complexity index is 194. The Labute approximate surface area is 58.5 Å². The maximum absolute atomic E-state index is 3.86. The molecule has 1 aromatic heterocycles. The summed E-state index contributed by atoms with van der Waals surface area (Å²) in [5.74, 6) is 0. The molecular weight excluding hydrogens is 134 g/mol. The number of aryl methyl sites for hydroxylation is 1. The minimum Gasteiger partial charge on any atom is -0.367 e. The molecule has 0 amide bonds. The molecule has 0 saturated heterocycles. The first-order valence-corrected chi connectivity index (χ1v) is 3.45. The van der Waals surface area contributed by atoms with Crippen molar-refractivity contribution in [1.82, 2.24) is 9.59 Å². The molecule has 9 heavy (non-hydrogen) atoms. The fourth-order valence-electron chi connectivity index (χ4n) is 0.634. The van der Waals surface area contributed by atoms with E-state index >= 15 is 0 Å². The van der Waals surface area contributed by atoms with Crippen molar-refractivity contribution in [3.05, 3.63) is 5.69 Å². The van der Waals surface area contributed by atoms with E-state index in [0.717, 1.165) is 10.7 Å². The van der Waals surface area contributed by atoms with Gasteiger partial charge in [0.2, 0.25) is 0 Å². The molecule has 0 bridgehead atoms. The van der Waals surface area contributed by atoms with Crippen LogP contribution in [0.25, 0.3) is 0 Å². The summed E-state index contributed by atoms with van der Waals surface area (Å²) in [4.78, 5) is 2.01. The lowest BCUT2D eigenvalue weighted by atomic mass is 10.5. The Balaban J connectivity index is 2.94. The molecule has 0 aromatic carbocycles. The molecule has 1 heterocycles. The Morgan fingerprint density at radius 2 is 2.11 bits per heavy atom. The highest BCUT2D eigenvalue weighted by molar-refractivity contribution is 7.10. The average molecular weight is 143 g/mol. The summed E-state index contributed by atoms with van der Waals surface area (Å²) < 4.78 is 3.79. The number of rotatable bonds is 1. The van der Waals surface area contributed by atoms with Crippen LogP contribution >= 0.6 is 11.5 Å². The third-order valence-electron chi connectivity index (χ3n) is 1.03. The van der Waals surface area contributed by atoms with Crippen molar-refractivity contribution in [2.24, 2.45) is 0 Å². The highest BCUT2D eigenvalue weighted by Gasteiger charge is 2.02. The number of hydrogen-bond donors (Lipinski definition) is 0. The molecule has 0 spiro atoms. The van der Waals surface area contributed by atoms with Crippen molar-refractivity contribution in [3.8, 4) is 0 Å². The zero-order valence-corrected chi connectivity index (χ0v) is 6.57. The average Bonchev–Trinajstić information content (AvgIpc) is 2.13. The quantitative estimate of drug-likeness (QED) is 0.585. The van der Waals surface area contributed by atoms with Crippen LogP contribution < -0.4 is 4.90 Å². The van der Waals surface area contributed by atoms with Crippen LogP contribution in [0, 0.1) is 6.92 Å². The van der Waals surface area contributed by atoms with Crippen molar-refractivity contribution in [2.45, 2.75) is 6.92 Å². The molecule has 4 heteroatoms. The zero-order chi connectivity index (χ0) is 6.85. The predicted octanol–water partition coefficient (Wildman–Crippen LogP) is 0.913. The first-order valence-electron chi connectivity index (χ1n) is 2.68. The Hall–Kier alpha value is -0.640. The van der Waals surface area contributed by atoms with Crippen molar-refractivity contribution in [3.63, 3.8) is 0 Å². The SMILES string of the molecule is Cc1nnsc1N(C)C. The van der Waals surface area contributed by atoms with Gasteiger partial charge in [-0.2, -0.15) is 0 Å². The van der Waals surface area contributed by atoms with Crippen molar-refractivity contribution >= 4 is 16.5 Å². The monoisotopic (exact) mass is 143 g/mol. The van der Waals surface area contributed by atoms with E-state index in [2.05, 4.69) is 9.59 Å². The predicted molar refractivity (Wildman–Crippen MR) is 39.0 cm³/mol. The van der Waals surface area contributed by atoms with E-state index < -0.39 is 0 Å². The molecule has 0 fully saturated rings. The van der Waals surface area contributed by atoms with Crippen LogP contribution in [0.1, 0.15) is 5.69 Å². The molecule has 3 nitrogen and oxygen atoms in total. The third-order valence-corrected chi connectivity index (χ3v) is 2.03. The molecule has 1 rings (SSSR count). The molecule has 0 atom stereocenters. The lowest BCUT2D eigenvalue weighted by Gasteiger charge is -2.06. The highest BCUT2D eigenvalue weighted by Crippen LogP contribution is 2.18. The lowest BCUT2D eigenvalue weighted by Crippen LogP contribution is -2.07. The van der Waals surface area contributed by atoms with Crippen molar-refractivity contribution in [1.29, 1.82) is 0 Å². The highest BCUT2D eigenvalue weighted by atomic mass is 32.1. The summed E-state index contributed by atoms with van der Waals surface area (Å²) >= 11 is 1.42. The summed E-state index contributed by atoms with van der Waals surface area (Å²) in [6.07, 6.45) is 0. The van der Waals surface area contributed by atoms with Crippen molar-refractivity contribution < 1.29 is 0 Å². The number of anilines is 1. The minimum atomic E-state index is 1.00. The van der Waals surface area contributed by atoms with Gasteiger partial charge in [-0.1, -0.05) is 4.49 Å². The van der Waals surface area contributed by atoms with E-state index in [9.17, 15) is 0 Å². The molecule has 0 aliphatic heterocycles. The summed E-state index contributed by atoms with van der Waals surface area (Å²) in [5.41, 5.74) is 1.00. The van der Waals surface area contributed by atoms with Gasteiger partial charge in [-0.3, -0.25) is 0 Å². The Morgan fingerprint density at radius 3 is 2.33 bits per heavy atom. The van der Waals surface area contributed by atoms with Gasteiger partial charge in [-0.25, -0.2) is 0 Å². The first-order chi connectivity index (χ1) is 4.22. The van der Waals surface area contributed by atoms with Gasteiger partial charge in [0.25, 0.3) is 0 Å². The van der Waals surface area contributed by atoms with Gasteiger partial charge in [0.05, 0.1) is 5.69 Å². The second kappa shape index (κ2) is 2.31. The molecule has 0 unspecified atom stereocenters. The van der Waals surface area contributed by atoms with E-state index in [0.29, 0.717) is 0 Å². The largest absolute Gasteiger partial charge is 0.367 e. The van der Waals surface area contributed by atoms with E-state index in [4.69, 9.17) is 0 Å². The molecular formula is C5H9N3S. The van der Waals surface area contributed by atoms with E-state index in [-0.39, 0.29) is 0 Å². The van der Waals surface area contributed by atoms with Crippen molar-refractivity contribution in [2.75, 3.05) is 19.0 Å².